The summed E-state index contributed by atoms with van der Waals surface area (Å²) in [6, 6.07) is 3.88. The fourth-order valence-corrected chi connectivity index (χ4v) is 6.32. The van der Waals surface area contributed by atoms with Crippen LogP contribution in [0.4, 0.5) is 10.1 Å². The smallest absolute Gasteiger partial charge is 0.312 e. The monoisotopic (exact) mass is 399 g/mol. The van der Waals surface area contributed by atoms with Crippen LogP contribution in [0.3, 0.4) is 0 Å². The fraction of sp³-hybridized carbons (Fsp3) is 0.579. The Bertz CT molecular complexity index is 755. The molecule has 0 aromatic heterocycles. The predicted molar refractivity (Wildman–Crippen MR) is 96.7 cm³/mol. The molecule has 140 valence electrons. The van der Waals surface area contributed by atoms with E-state index < -0.39 is 17.1 Å². The number of alkyl halides is 1. The number of halogens is 3. The molecule has 1 aromatic carbocycles. The molecule has 4 bridgehead atoms. The maximum absolute atomic E-state index is 13.2. The van der Waals surface area contributed by atoms with Crippen molar-refractivity contribution in [3.8, 4) is 0 Å². The Labute approximate surface area is 161 Å². The molecule has 0 spiro atoms. The first-order chi connectivity index (χ1) is 12.3. The second-order valence-corrected chi connectivity index (χ2v) is 9.35. The quantitative estimate of drug-likeness (QED) is 0.597. The highest BCUT2D eigenvalue weighted by Crippen LogP contribution is 2.64. The third kappa shape index (κ3) is 3.31. The lowest BCUT2D eigenvalue weighted by Gasteiger charge is -2.58. The van der Waals surface area contributed by atoms with Gasteiger partial charge in [-0.15, -0.1) is 11.6 Å². The summed E-state index contributed by atoms with van der Waals surface area (Å²) in [7, 11) is 0. The Morgan fingerprint density at radius 1 is 1.23 bits per heavy atom. The van der Waals surface area contributed by atoms with Gasteiger partial charge in [-0.05, 0) is 68.6 Å². The van der Waals surface area contributed by atoms with E-state index in [1.165, 1.54) is 18.2 Å². The van der Waals surface area contributed by atoms with E-state index in [4.69, 9.17) is 27.9 Å². The number of ether oxygens (including phenoxy) is 1. The number of carbonyl (C=O) groups is 2. The van der Waals surface area contributed by atoms with Crippen LogP contribution in [0.5, 0.6) is 0 Å². The summed E-state index contributed by atoms with van der Waals surface area (Å²) in [6.07, 6.45) is 5.37. The van der Waals surface area contributed by atoms with E-state index in [1.807, 2.05) is 0 Å². The fourth-order valence-electron chi connectivity index (χ4n) is 5.44. The number of hydrogen-bond donors (Lipinski definition) is 1. The number of nitrogens with one attached hydrogen (secondary N) is 1. The first-order valence-corrected chi connectivity index (χ1v) is 9.64. The predicted octanol–water partition coefficient (Wildman–Crippen LogP) is 4.54. The van der Waals surface area contributed by atoms with Gasteiger partial charge in [0.1, 0.15) is 5.82 Å². The number of carbonyl (C=O) groups excluding carboxylic acids is 2. The number of amides is 1. The molecule has 4 fully saturated rings. The van der Waals surface area contributed by atoms with Crippen LogP contribution in [0.15, 0.2) is 18.2 Å². The lowest BCUT2D eigenvalue weighted by atomic mass is 9.49. The van der Waals surface area contributed by atoms with Crippen molar-refractivity contribution in [3.05, 3.63) is 29.0 Å². The van der Waals surface area contributed by atoms with Gasteiger partial charge in [-0.1, -0.05) is 11.6 Å². The molecule has 1 aromatic rings. The minimum Gasteiger partial charge on any atom is -0.455 e. The second kappa shape index (κ2) is 6.38. The summed E-state index contributed by atoms with van der Waals surface area (Å²) < 4.78 is 18.5. The molecule has 4 aliphatic carbocycles. The van der Waals surface area contributed by atoms with Crippen LogP contribution >= 0.6 is 23.2 Å². The summed E-state index contributed by atoms with van der Waals surface area (Å²) >= 11 is 12.4. The van der Waals surface area contributed by atoms with Gasteiger partial charge < -0.3 is 10.1 Å². The number of benzene rings is 1. The molecule has 2 unspecified atom stereocenters. The van der Waals surface area contributed by atoms with Crippen molar-refractivity contribution < 1.29 is 18.7 Å². The normalized spacial score (nSPS) is 34.6. The number of esters is 1. The van der Waals surface area contributed by atoms with Gasteiger partial charge in [-0.2, -0.15) is 0 Å². The Kier molecular flexibility index (Phi) is 4.43. The third-order valence-electron chi connectivity index (χ3n) is 5.96. The number of rotatable bonds is 4. The van der Waals surface area contributed by atoms with E-state index in [0.717, 1.165) is 32.1 Å². The molecule has 0 heterocycles. The highest BCUT2D eigenvalue weighted by atomic mass is 35.5. The topological polar surface area (TPSA) is 55.4 Å². The van der Waals surface area contributed by atoms with Gasteiger partial charge in [0.15, 0.2) is 6.61 Å². The molecule has 4 nitrogen and oxygen atoms in total. The van der Waals surface area contributed by atoms with Gasteiger partial charge in [0.05, 0.1) is 10.4 Å². The van der Waals surface area contributed by atoms with E-state index in [9.17, 15) is 14.0 Å². The molecule has 7 heteroatoms. The molecule has 4 saturated carbocycles. The zero-order valence-electron chi connectivity index (χ0n) is 14.2. The maximum atomic E-state index is 13.2. The van der Waals surface area contributed by atoms with E-state index >= 15 is 0 Å². The lowest BCUT2D eigenvalue weighted by Crippen LogP contribution is -2.56. The van der Waals surface area contributed by atoms with Gasteiger partial charge in [0.25, 0.3) is 5.91 Å². The Balaban J connectivity index is 1.36. The molecule has 0 aliphatic heterocycles. The van der Waals surface area contributed by atoms with Crippen LogP contribution in [0.25, 0.3) is 0 Å². The van der Waals surface area contributed by atoms with Crippen molar-refractivity contribution in [2.45, 2.75) is 43.4 Å². The van der Waals surface area contributed by atoms with E-state index in [0.29, 0.717) is 23.9 Å². The molecule has 0 saturated heterocycles. The molecule has 5 rings (SSSR count). The summed E-state index contributed by atoms with van der Waals surface area (Å²) in [6.45, 7) is -0.375. The zero-order chi connectivity index (χ0) is 18.5. The van der Waals surface area contributed by atoms with Gasteiger partial charge in [0.2, 0.25) is 0 Å². The van der Waals surface area contributed by atoms with Gasteiger partial charge in [0, 0.05) is 10.6 Å². The van der Waals surface area contributed by atoms with Crippen LogP contribution < -0.4 is 5.32 Å². The summed E-state index contributed by atoms with van der Waals surface area (Å²) in [5, 5.41) is 2.47. The van der Waals surface area contributed by atoms with Crippen LogP contribution in [0.2, 0.25) is 5.02 Å². The largest absolute Gasteiger partial charge is 0.455 e. The Morgan fingerprint density at radius 2 is 1.92 bits per heavy atom. The van der Waals surface area contributed by atoms with Crippen molar-refractivity contribution in [2.24, 2.45) is 17.3 Å². The SMILES string of the molecule is O=C(COC(=O)C12C[C@@H]3C[C@@H](CC(Cl)(C3)C1)C2)Nc1ccc(F)c(Cl)c1. The zero-order valence-corrected chi connectivity index (χ0v) is 15.7. The highest BCUT2D eigenvalue weighted by molar-refractivity contribution is 6.31. The first kappa shape index (κ1) is 18.1. The molecule has 26 heavy (non-hydrogen) atoms. The Hall–Kier alpha value is -1.33. The van der Waals surface area contributed by atoms with Crippen LogP contribution in [-0.2, 0) is 14.3 Å². The van der Waals surface area contributed by atoms with Crippen molar-refractivity contribution in [1.82, 2.24) is 0 Å². The van der Waals surface area contributed by atoms with Crippen molar-refractivity contribution in [3.63, 3.8) is 0 Å². The standard InChI is InChI=1S/C19H20Cl2FNO3/c20-14-4-13(1-2-15(14)22)23-16(24)9-26-17(25)18-5-11-3-12(6-18)8-19(21,7-11)10-18/h1-2,4,11-12H,3,5-10H2,(H,23,24)/t11-,12+,18?,19?. The summed E-state index contributed by atoms with van der Waals surface area (Å²) in [4.78, 5) is 24.5. The molecule has 4 atom stereocenters. The second-order valence-electron chi connectivity index (χ2n) is 8.15. The van der Waals surface area contributed by atoms with Crippen LogP contribution in [0.1, 0.15) is 38.5 Å². The van der Waals surface area contributed by atoms with Crippen molar-refractivity contribution >= 4 is 40.8 Å². The molecule has 4 aliphatic rings. The summed E-state index contributed by atoms with van der Waals surface area (Å²) in [5.74, 6) is -0.392. The van der Waals surface area contributed by atoms with Crippen LogP contribution in [-0.4, -0.2) is 23.4 Å². The maximum Gasteiger partial charge on any atom is 0.312 e. The summed E-state index contributed by atoms with van der Waals surface area (Å²) in [5.41, 5.74) is -0.183. The third-order valence-corrected chi connectivity index (χ3v) is 6.69. The first-order valence-electron chi connectivity index (χ1n) is 8.88. The van der Waals surface area contributed by atoms with Gasteiger partial charge in [-0.3, -0.25) is 9.59 Å². The van der Waals surface area contributed by atoms with Crippen molar-refractivity contribution in [2.75, 3.05) is 11.9 Å². The van der Waals surface area contributed by atoms with E-state index in [2.05, 4.69) is 5.32 Å². The van der Waals surface area contributed by atoms with Crippen LogP contribution in [0, 0.1) is 23.1 Å². The van der Waals surface area contributed by atoms with E-state index in [1.54, 1.807) is 0 Å². The minimum absolute atomic E-state index is 0.0826. The molecule has 1 N–H and O–H groups in total. The molecule has 0 radical (unpaired) electrons. The van der Waals surface area contributed by atoms with Crippen molar-refractivity contribution in [1.29, 1.82) is 0 Å². The molecular weight excluding hydrogens is 380 g/mol. The van der Waals surface area contributed by atoms with Gasteiger partial charge in [-0.25, -0.2) is 4.39 Å². The van der Waals surface area contributed by atoms with Gasteiger partial charge >= 0.3 is 5.97 Å². The minimum atomic E-state index is -0.562. The lowest BCUT2D eigenvalue weighted by molar-refractivity contribution is -0.171. The average Bonchev–Trinajstić information content (AvgIpc) is 2.53. The number of hydrogen-bond acceptors (Lipinski definition) is 3. The molecule has 1 amide bonds. The highest BCUT2D eigenvalue weighted by Gasteiger charge is 2.60. The molecular formula is C19H20Cl2FNO3. The Morgan fingerprint density at radius 3 is 2.54 bits per heavy atom. The average molecular weight is 400 g/mol. The van der Waals surface area contributed by atoms with E-state index in [-0.39, 0.29) is 22.5 Å². The number of anilines is 1.